The third-order valence-corrected chi connectivity index (χ3v) is 2.45. The van der Waals surface area contributed by atoms with Gasteiger partial charge in [-0.15, -0.1) is 0 Å². The Hall–Kier alpha value is -1.56. The second-order valence-electron chi connectivity index (χ2n) is 4.36. The molecule has 0 amide bonds. The van der Waals surface area contributed by atoms with Crippen LogP contribution in [-0.2, 0) is 16.0 Å². The Kier molecular flexibility index (Phi) is 6.51. The van der Waals surface area contributed by atoms with Crippen molar-refractivity contribution in [3.63, 3.8) is 0 Å². The topological polar surface area (TPSA) is 35.5 Å². The number of ketones is 1. The molecule has 112 valence electrons. The van der Waals surface area contributed by atoms with Gasteiger partial charge in [0.2, 0.25) is 0 Å². The number of Topliss-reactive ketones (excluding diaryl/α,β-unsaturated/α-hetero) is 1. The van der Waals surface area contributed by atoms with Gasteiger partial charge in [0.15, 0.2) is 0 Å². The monoisotopic (exact) mass is 290 g/mol. The summed E-state index contributed by atoms with van der Waals surface area (Å²) in [6, 6.07) is 7.10. The van der Waals surface area contributed by atoms with Crippen molar-refractivity contribution < 1.29 is 27.4 Å². The summed E-state index contributed by atoms with van der Waals surface area (Å²) < 4.78 is 45.0. The molecular formula is C14H17F3O3. The maximum Gasteiger partial charge on any atom is 0.411 e. The third-order valence-electron chi connectivity index (χ3n) is 2.45. The molecule has 0 unspecified atom stereocenters. The highest BCUT2D eigenvalue weighted by Crippen LogP contribution is 2.15. The summed E-state index contributed by atoms with van der Waals surface area (Å²) in [5, 5.41) is 0. The molecular weight excluding hydrogens is 273 g/mol. The molecule has 0 spiro atoms. The predicted octanol–water partition coefficient (Wildman–Crippen LogP) is 3.17. The van der Waals surface area contributed by atoms with E-state index in [-0.39, 0.29) is 19.0 Å². The summed E-state index contributed by atoms with van der Waals surface area (Å²) in [7, 11) is 0. The van der Waals surface area contributed by atoms with E-state index in [9.17, 15) is 18.0 Å². The summed E-state index contributed by atoms with van der Waals surface area (Å²) in [5.41, 5.74) is 1.01. The predicted molar refractivity (Wildman–Crippen MR) is 67.8 cm³/mol. The molecule has 0 bridgehead atoms. The molecule has 0 heterocycles. The zero-order valence-electron chi connectivity index (χ0n) is 11.2. The second-order valence-corrected chi connectivity index (χ2v) is 4.36. The number of aryl methyl sites for hydroxylation is 1. The fourth-order valence-electron chi connectivity index (χ4n) is 1.48. The van der Waals surface area contributed by atoms with Gasteiger partial charge in [-0.2, -0.15) is 13.2 Å². The molecule has 0 aliphatic rings. The van der Waals surface area contributed by atoms with E-state index in [1.807, 2.05) is 12.1 Å². The first-order valence-corrected chi connectivity index (χ1v) is 6.22. The minimum atomic E-state index is -4.31. The van der Waals surface area contributed by atoms with Crippen LogP contribution < -0.4 is 4.74 Å². The van der Waals surface area contributed by atoms with Crippen LogP contribution in [0.3, 0.4) is 0 Å². The van der Waals surface area contributed by atoms with Crippen LogP contribution in [0.15, 0.2) is 24.3 Å². The molecule has 6 heteroatoms. The Balaban J connectivity index is 2.23. The maximum absolute atomic E-state index is 11.8. The van der Waals surface area contributed by atoms with Gasteiger partial charge in [-0.25, -0.2) is 0 Å². The maximum atomic E-state index is 11.8. The zero-order valence-corrected chi connectivity index (χ0v) is 11.2. The number of benzene rings is 1. The van der Waals surface area contributed by atoms with E-state index in [1.165, 1.54) is 0 Å². The van der Waals surface area contributed by atoms with Crippen molar-refractivity contribution in [2.24, 2.45) is 0 Å². The first-order valence-electron chi connectivity index (χ1n) is 6.22. The number of alkyl halides is 3. The Morgan fingerprint density at radius 1 is 1.15 bits per heavy atom. The number of halogens is 3. The molecule has 0 fully saturated rings. The van der Waals surface area contributed by atoms with Gasteiger partial charge >= 0.3 is 6.18 Å². The van der Waals surface area contributed by atoms with Crippen LogP contribution in [0.2, 0.25) is 0 Å². The van der Waals surface area contributed by atoms with Crippen molar-refractivity contribution in [3.05, 3.63) is 29.8 Å². The lowest BCUT2D eigenvalue weighted by Gasteiger charge is -2.09. The normalized spacial score (nSPS) is 11.4. The first-order chi connectivity index (χ1) is 9.37. The Labute approximate surface area is 115 Å². The smallest absolute Gasteiger partial charge is 0.411 e. The van der Waals surface area contributed by atoms with Crippen LogP contribution in [0.4, 0.5) is 13.2 Å². The van der Waals surface area contributed by atoms with Gasteiger partial charge < -0.3 is 14.3 Å². The molecule has 0 aliphatic heterocycles. The molecule has 20 heavy (non-hydrogen) atoms. The van der Waals surface area contributed by atoms with Crippen molar-refractivity contribution in [2.75, 3.05) is 19.8 Å². The number of rotatable bonds is 8. The second kappa shape index (κ2) is 7.89. The van der Waals surface area contributed by atoms with E-state index < -0.39 is 12.8 Å². The average Bonchev–Trinajstić information content (AvgIpc) is 2.36. The Morgan fingerprint density at radius 2 is 1.80 bits per heavy atom. The largest absolute Gasteiger partial charge is 0.491 e. The molecule has 0 radical (unpaired) electrons. The number of carbonyl (C=O) groups excluding carboxylic acids is 1. The van der Waals surface area contributed by atoms with Crippen molar-refractivity contribution in [1.82, 2.24) is 0 Å². The van der Waals surface area contributed by atoms with Crippen molar-refractivity contribution in [1.29, 1.82) is 0 Å². The lowest BCUT2D eigenvalue weighted by molar-refractivity contribution is -0.175. The fourth-order valence-corrected chi connectivity index (χ4v) is 1.48. The summed E-state index contributed by atoms with van der Waals surface area (Å²) in [6.07, 6.45) is -3.14. The fraction of sp³-hybridized carbons (Fsp3) is 0.500. The number of ether oxygens (including phenoxy) is 2. The molecule has 0 saturated carbocycles. The minimum Gasteiger partial charge on any atom is -0.491 e. The summed E-state index contributed by atoms with van der Waals surface area (Å²) in [4.78, 5) is 10.8. The van der Waals surface area contributed by atoms with Gasteiger partial charge in [-0.05, 0) is 31.0 Å². The van der Waals surface area contributed by atoms with Crippen LogP contribution in [0, 0.1) is 0 Å². The molecule has 0 aliphatic carbocycles. The Bertz CT molecular complexity index is 413. The van der Waals surface area contributed by atoms with Gasteiger partial charge in [0.05, 0.1) is 6.61 Å². The third kappa shape index (κ3) is 7.78. The van der Waals surface area contributed by atoms with Crippen LogP contribution in [-0.4, -0.2) is 31.8 Å². The van der Waals surface area contributed by atoms with Crippen molar-refractivity contribution in [2.45, 2.75) is 25.9 Å². The zero-order chi connectivity index (χ0) is 15.0. The number of carbonyl (C=O) groups is 1. The first kappa shape index (κ1) is 16.5. The van der Waals surface area contributed by atoms with E-state index in [0.717, 1.165) is 5.56 Å². The minimum absolute atomic E-state index is 0.0584. The number of hydrogen-bond donors (Lipinski definition) is 0. The van der Waals surface area contributed by atoms with Gasteiger partial charge in [-0.1, -0.05) is 12.1 Å². The summed E-state index contributed by atoms with van der Waals surface area (Å²) >= 11 is 0. The van der Waals surface area contributed by atoms with E-state index in [4.69, 9.17) is 4.74 Å². The molecule has 1 rings (SSSR count). The van der Waals surface area contributed by atoms with E-state index in [2.05, 4.69) is 4.74 Å². The van der Waals surface area contributed by atoms with Crippen LogP contribution in [0.25, 0.3) is 0 Å². The quantitative estimate of drug-likeness (QED) is 0.690. The average molecular weight is 290 g/mol. The van der Waals surface area contributed by atoms with Crippen molar-refractivity contribution >= 4 is 5.78 Å². The van der Waals surface area contributed by atoms with Crippen LogP contribution in [0.1, 0.15) is 18.9 Å². The van der Waals surface area contributed by atoms with E-state index in [1.54, 1.807) is 19.1 Å². The highest BCUT2D eigenvalue weighted by molar-refractivity contribution is 5.75. The highest BCUT2D eigenvalue weighted by atomic mass is 19.4. The lowest BCUT2D eigenvalue weighted by atomic mass is 10.1. The molecule has 1 aromatic carbocycles. The molecule has 3 nitrogen and oxygen atoms in total. The van der Waals surface area contributed by atoms with Gasteiger partial charge in [-0.3, -0.25) is 0 Å². The summed E-state index contributed by atoms with van der Waals surface area (Å²) in [5.74, 6) is 0.694. The molecule has 0 atom stereocenters. The standard InChI is InChI=1S/C14H17F3O3/c1-11(18)2-3-12-4-6-13(7-5-12)20-9-8-19-10-14(15,16)17/h4-7H,2-3,8-10H2,1H3. The molecule has 1 aromatic rings. The molecule has 0 N–H and O–H groups in total. The SMILES string of the molecule is CC(=O)CCc1ccc(OCCOCC(F)(F)F)cc1. The van der Waals surface area contributed by atoms with Gasteiger partial charge in [0, 0.05) is 6.42 Å². The van der Waals surface area contributed by atoms with Crippen LogP contribution >= 0.6 is 0 Å². The molecule has 0 aromatic heterocycles. The van der Waals surface area contributed by atoms with Gasteiger partial charge in [0.1, 0.15) is 24.7 Å². The van der Waals surface area contributed by atoms with Crippen LogP contribution in [0.5, 0.6) is 5.75 Å². The van der Waals surface area contributed by atoms with E-state index >= 15 is 0 Å². The highest BCUT2D eigenvalue weighted by Gasteiger charge is 2.27. The lowest BCUT2D eigenvalue weighted by Crippen LogP contribution is -2.19. The molecule has 0 saturated heterocycles. The van der Waals surface area contributed by atoms with Gasteiger partial charge in [0.25, 0.3) is 0 Å². The van der Waals surface area contributed by atoms with Crippen molar-refractivity contribution in [3.8, 4) is 5.75 Å². The summed E-state index contributed by atoms with van der Waals surface area (Å²) in [6.45, 7) is 0.216. The van der Waals surface area contributed by atoms with E-state index in [0.29, 0.717) is 18.6 Å². The Morgan fingerprint density at radius 3 is 2.35 bits per heavy atom. The number of hydrogen-bond acceptors (Lipinski definition) is 3.